The molecule has 0 radical (unpaired) electrons. The van der Waals surface area contributed by atoms with Crippen LogP contribution in [0.4, 0.5) is 0 Å². The number of carboxylic acids is 1. The van der Waals surface area contributed by atoms with Gasteiger partial charge in [0.25, 0.3) is 0 Å². The Labute approximate surface area is 139 Å². The van der Waals surface area contributed by atoms with Gasteiger partial charge in [0, 0.05) is 23.9 Å². The highest BCUT2D eigenvalue weighted by molar-refractivity contribution is 5.75. The highest BCUT2D eigenvalue weighted by Crippen LogP contribution is 2.36. The van der Waals surface area contributed by atoms with Gasteiger partial charge in [0.2, 0.25) is 0 Å². The number of pyridine rings is 1. The van der Waals surface area contributed by atoms with Gasteiger partial charge in [-0.3, -0.25) is 14.7 Å². The number of aromatic nitrogens is 1. The molecule has 1 aliphatic heterocycles. The molecule has 0 unspecified atom stereocenters. The minimum Gasteiger partial charge on any atom is -0.481 e. The number of hydrogen-bond acceptors (Lipinski definition) is 3. The SMILES string of the molecule is C=CCC1(C(=O)O)CCN(Cc2ccc(C(C)(C)C)nc2)CC1. The lowest BCUT2D eigenvalue weighted by atomic mass is 9.75. The summed E-state index contributed by atoms with van der Waals surface area (Å²) in [5.41, 5.74) is 1.72. The van der Waals surface area contributed by atoms with Crippen molar-refractivity contribution in [3.8, 4) is 0 Å². The molecule has 0 atom stereocenters. The summed E-state index contributed by atoms with van der Waals surface area (Å²) in [5.74, 6) is -0.687. The van der Waals surface area contributed by atoms with Crippen LogP contribution in [-0.4, -0.2) is 34.0 Å². The predicted octanol–water partition coefficient (Wildman–Crippen LogP) is 3.62. The molecular weight excluding hydrogens is 288 g/mol. The van der Waals surface area contributed by atoms with E-state index in [2.05, 4.69) is 49.4 Å². The number of carbonyl (C=O) groups is 1. The molecule has 4 nitrogen and oxygen atoms in total. The summed E-state index contributed by atoms with van der Waals surface area (Å²) < 4.78 is 0. The number of nitrogens with zero attached hydrogens (tertiary/aromatic N) is 2. The third-order valence-corrected chi connectivity index (χ3v) is 4.80. The quantitative estimate of drug-likeness (QED) is 0.843. The van der Waals surface area contributed by atoms with Gasteiger partial charge >= 0.3 is 5.97 Å². The van der Waals surface area contributed by atoms with Crippen LogP contribution in [-0.2, 0) is 16.8 Å². The van der Waals surface area contributed by atoms with Crippen LogP contribution in [0.15, 0.2) is 31.0 Å². The third kappa shape index (κ3) is 4.20. The second kappa shape index (κ2) is 6.83. The predicted molar refractivity (Wildman–Crippen MR) is 92.3 cm³/mol. The van der Waals surface area contributed by atoms with E-state index < -0.39 is 11.4 Å². The van der Waals surface area contributed by atoms with Gasteiger partial charge in [0.05, 0.1) is 5.41 Å². The van der Waals surface area contributed by atoms with Crippen LogP contribution in [0.2, 0.25) is 0 Å². The minimum atomic E-state index is -0.687. The Kier molecular flexibility index (Phi) is 5.25. The van der Waals surface area contributed by atoms with Crippen molar-refractivity contribution < 1.29 is 9.90 Å². The maximum atomic E-state index is 11.6. The second-order valence-electron chi connectivity index (χ2n) is 7.66. The Morgan fingerprint density at radius 1 is 1.39 bits per heavy atom. The van der Waals surface area contributed by atoms with Crippen LogP contribution in [0.1, 0.15) is 51.3 Å². The smallest absolute Gasteiger partial charge is 0.310 e. The first kappa shape index (κ1) is 17.7. The number of allylic oxidation sites excluding steroid dienone is 1. The molecule has 0 bridgehead atoms. The summed E-state index contributed by atoms with van der Waals surface area (Å²) in [6, 6.07) is 4.23. The Morgan fingerprint density at radius 3 is 2.48 bits per heavy atom. The third-order valence-electron chi connectivity index (χ3n) is 4.80. The van der Waals surface area contributed by atoms with Crippen molar-refractivity contribution >= 4 is 5.97 Å². The molecule has 126 valence electrons. The van der Waals surface area contributed by atoms with Gasteiger partial charge in [-0.15, -0.1) is 6.58 Å². The van der Waals surface area contributed by atoms with Crippen molar-refractivity contribution in [2.75, 3.05) is 13.1 Å². The van der Waals surface area contributed by atoms with Crippen LogP contribution < -0.4 is 0 Å². The van der Waals surface area contributed by atoms with Crippen molar-refractivity contribution in [2.45, 2.75) is 52.0 Å². The van der Waals surface area contributed by atoms with E-state index in [1.807, 2.05) is 6.20 Å². The molecule has 0 aliphatic carbocycles. The van der Waals surface area contributed by atoms with Crippen LogP contribution in [0.3, 0.4) is 0 Å². The Hall–Kier alpha value is -1.68. The Bertz CT molecular complexity index is 550. The lowest BCUT2D eigenvalue weighted by Crippen LogP contribution is -2.43. The van der Waals surface area contributed by atoms with E-state index in [-0.39, 0.29) is 5.41 Å². The fourth-order valence-corrected chi connectivity index (χ4v) is 3.14. The average molecular weight is 316 g/mol. The molecule has 0 amide bonds. The van der Waals surface area contributed by atoms with Crippen LogP contribution >= 0.6 is 0 Å². The van der Waals surface area contributed by atoms with Crippen molar-refractivity contribution in [3.05, 3.63) is 42.2 Å². The first-order valence-corrected chi connectivity index (χ1v) is 8.29. The monoisotopic (exact) mass is 316 g/mol. The topological polar surface area (TPSA) is 53.4 Å². The van der Waals surface area contributed by atoms with Gasteiger partial charge < -0.3 is 5.11 Å². The highest BCUT2D eigenvalue weighted by Gasteiger charge is 2.40. The van der Waals surface area contributed by atoms with Gasteiger partial charge in [-0.2, -0.15) is 0 Å². The largest absolute Gasteiger partial charge is 0.481 e. The van der Waals surface area contributed by atoms with Gasteiger partial charge in [-0.05, 0) is 44.0 Å². The van der Waals surface area contributed by atoms with Gasteiger partial charge in [0.15, 0.2) is 0 Å². The summed E-state index contributed by atoms with van der Waals surface area (Å²) in [5, 5.41) is 9.53. The maximum Gasteiger partial charge on any atom is 0.310 e. The molecule has 1 aromatic heterocycles. The number of rotatable bonds is 5. The summed E-state index contributed by atoms with van der Waals surface area (Å²) in [6.45, 7) is 12.6. The molecule has 1 N–H and O–H groups in total. The Balaban J connectivity index is 1.96. The fourth-order valence-electron chi connectivity index (χ4n) is 3.14. The van der Waals surface area contributed by atoms with E-state index in [0.29, 0.717) is 19.3 Å². The molecule has 0 saturated carbocycles. The number of hydrogen-bond donors (Lipinski definition) is 1. The zero-order valence-corrected chi connectivity index (χ0v) is 14.5. The molecule has 0 spiro atoms. The molecule has 1 aromatic rings. The molecular formula is C19H28N2O2. The summed E-state index contributed by atoms with van der Waals surface area (Å²) in [7, 11) is 0. The molecule has 23 heavy (non-hydrogen) atoms. The lowest BCUT2D eigenvalue weighted by molar-refractivity contribution is -0.152. The van der Waals surface area contributed by atoms with Crippen molar-refractivity contribution in [2.24, 2.45) is 5.41 Å². The standard InChI is InChI=1S/C19H28N2O2/c1-5-8-19(17(22)23)9-11-21(12-10-19)14-15-6-7-16(20-13-15)18(2,3)4/h5-7,13H,1,8-12,14H2,2-4H3,(H,22,23). The maximum absolute atomic E-state index is 11.6. The zero-order chi connectivity index (χ0) is 17.1. The summed E-state index contributed by atoms with van der Waals surface area (Å²) in [6.07, 6.45) is 5.60. The number of carboxylic acid groups (broad SMARTS) is 1. The second-order valence-corrected chi connectivity index (χ2v) is 7.66. The van der Waals surface area contributed by atoms with Crippen LogP contribution in [0.25, 0.3) is 0 Å². The lowest BCUT2D eigenvalue weighted by Gasteiger charge is -2.38. The van der Waals surface area contributed by atoms with Crippen molar-refractivity contribution in [1.29, 1.82) is 0 Å². The van der Waals surface area contributed by atoms with E-state index in [4.69, 9.17) is 0 Å². The van der Waals surface area contributed by atoms with Gasteiger partial charge in [-0.1, -0.05) is 32.9 Å². The summed E-state index contributed by atoms with van der Waals surface area (Å²) in [4.78, 5) is 18.5. The van der Waals surface area contributed by atoms with Crippen molar-refractivity contribution in [3.63, 3.8) is 0 Å². The molecule has 1 saturated heterocycles. The number of piperidine rings is 1. The normalized spacial score (nSPS) is 18.6. The van der Waals surface area contributed by atoms with E-state index in [9.17, 15) is 9.90 Å². The van der Waals surface area contributed by atoms with E-state index in [1.165, 1.54) is 5.56 Å². The zero-order valence-electron chi connectivity index (χ0n) is 14.5. The molecule has 1 fully saturated rings. The fraction of sp³-hybridized carbons (Fsp3) is 0.579. The number of aliphatic carboxylic acids is 1. The molecule has 4 heteroatoms. The molecule has 2 rings (SSSR count). The van der Waals surface area contributed by atoms with Gasteiger partial charge in [-0.25, -0.2) is 0 Å². The Morgan fingerprint density at radius 2 is 2.04 bits per heavy atom. The van der Waals surface area contributed by atoms with E-state index in [1.54, 1.807) is 6.08 Å². The van der Waals surface area contributed by atoms with E-state index >= 15 is 0 Å². The van der Waals surface area contributed by atoms with Crippen molar-refractivity contribution in [1.82, 2.24) is 9.88 Å². The first-order chi connectivity index (χ1) is 10.8. The number of likely N-dealkylation sites (tertiary alicyclic amines) is 1. The minimum absolute atomic E-state index is 0.0649. The molecule has 0 aromatic carbocycles. The highest BCUT2D eigenvalue weighted by atomic mass is 16.4. The molecule has 1 aliphatic rings. The molecule has 2 heterocycles. The van der Waals surface area contributed by atoms with Crippen LogP contribution in [0.5, 0.6) is 0 Å². The van der Waals surface area contributed by atoms with Crippen LogP contribution in [0, 0.1) is 5.41 Å². The van der Waals surface area contributed by atoms with E-state index in [0.717, 1.165) is 25.3 Å². The average Bonchev–Trinajstić information content (AvgIpc) is 2.49. The first-order valence-electron chi connectivity index (χ1n) is 8.29. The summed E-state index contributed by atoms with van der Waals surface area (Å²) >= 11 is 0. The van der Waals surface area contributed by atoms with Gasteiger partial charge in [0.1, 0.15) is 0 Å².